The highest BCUT2D eigenvalue weighted by Crippen LogP contribution is 2.33. The summed E-state index contributed by atoms with van der Waals surface area (Å²) in [5.41, 5.74) is -0.0487. The second-order valence-corrected chi connectivity index (χ2v) is 4.26. The Labute approximate surface area is 94.1 Å². The fourth-order valence-electron chi connectivity index (χ4n) is 1.69. The van der Waals surface area contributed by atoms with E-state index in [0.29, 0.717) is 6.54 Å². The molecule has 0 aliphatic heterocycles. The van der Waals surface area contributed by atoms with Crippen LogP contribution in [0, 0.1) is 5.92 Å². The molecule has 16 heavy (non-hydrogen) atoms. The van der Waals surface area contributed by atoms with Crippen LogP contribution in [0.1, 0.15) is 36.0 Å². The van der Waals surface area contributed by atoms with Crippen LogP contribution in [-0.2, 0) is 0 Å². The second kappa shape index (κ2) is 4.96. The monoisotopic (exact) mass is 220 g/mol. The zero-order valence-electron chi connectivity index (χ0n) is 9.16. The maximum absolute atomic E-state index is 11.6. The van der Waals surface area contributed by atoms with Crippen molar-refractivity contribution in [3.8, 4) is 0 Å². The molecule has 0 saturated heterocycles. The Balaban J connectivity index is 1.78. The third-order valence-corrected chi connectivity index (χ3v) is 2.84. The molecule has 1 amide bonds. The first-order valence-electron chi connectivity index (χ1n) is 5.72. The third-order valence-electron chi connectivity index (χ3n) is 2.84. The van der Waals surface area contributed by atoms with E-state index < -0.39 is 0 Å². The van der Waals surface area contributed by atoms with Gasteiger partial charge in [-0.2, -0.15) is 0 Å². The Morgan fingerprint density at radius 2 is 2.31 bits per heavy atom. The van der Waals surface area contributed by atoms with E-state index in [4.69, 9.17) is 0 Å². The summed E-state index contributed by atoms with van der Waals surface area (Å²) in [6.45, 7) is 0.656. The van der Waals surface area contributed by atoms with Crippen LogP contribution < -0.4 is 10.7 Å². The third kappa shape index (κ3) is 2.95. The van der Waals surface area contributed by atoms with Gasteiger partial charge in [-0.1, -0.05) is 12.8 Å². The minimum atomic E-state index is -0.280. The van der Waals surface area contributed by atoms with Crippen molar-refractivity contribution in [3.05, 3.63) is 34.2 Å². The smallest absolute Gasteiger partial charge is 0.256 e. The van der Waals surface area contributed by atoms with Crippen molar-refractivity contribution in [2.24, 2.45) is 5.92 Å². The first-order valence-corrected chi connectivity index (χ1v) is 5.72. The van der Waals surface area contributed by atoms with Crippen molar-refractivity contribution in [3.63, 3.8) is 0 Å². The van der Waals surface area contributed by atoms with Gasteiger partial charge in [-0.3, -0.25) is 9.59 Å². The fourth-order valence-corrected chi connectivity index (χ4v) is 1.69. The maximum Gasteiger partial charge on any atom is 0.256 e. The molecule has 2 rings (SSSR count). The van der Waals surface area contributed by atoms with Crippen molar-refractivity contribution in [2.75, 3.05) is 6.54 Å². The van der Waals surface area contributed by atoms with E-state index in [0.717, 1.165) is 12.3 Å². The first-order chi connectivity index (χ1) is 7.77. The summed E-state index contributed by atoms with van der Waals surface area (Å²) >= 11 is 0. The lowest BCUT2D eigenvalue weighted by molar-refractivity contribution is 0.0951. The Morgan fingerprint density at radius 3 is 3.00 bits per heavy atom. The van der Waals surface area contributed by atoms with E-state index in [2.05, 4.69) is 10.3 Å². The lowest BCUT2D eigenvalue weighted by Gasteiger charge is -2.03. The largest absolute Gasteiger partial charge is 0.367 e. The predicted molar refractivity (Wildman–Crippen MR) is 61.4 cm³/mol. The van der Waals surface area contributed by atoms with E-state index in [-0.39, 0.29) is 16.9 Å². The van der Waals surface area contributed by atoms with Gasteiger partial charge in [0.05, 0.1) is 0 Å². The number of amides is 1. The van der Waals surface area contributed by atoms with Crippen LogP contribution in [0.3, 0.4) is 0 Å². The summed E-state index contributed by atoms with van der Waals surface area (Å²) in [4.78, 5) is 25.7. The minimum absolute atomic E-state index is 0.189. The summed E-state index contributed by atoms with van der Waals surface area (Å²) in [6.07, 6.45) is 7.83. The molecule has 0 spiro atoms. The summed E-state index contributed by atoms with van der Waals surface area (Å²) in [5, 5.41) is 2.76. The Kier molecular flexibility index (Phi) is 3.39. The Hall–Kier alpha value is -1.58. The molecule has 0 atom stereocenters. The highest BCUT2D eigenvalue weighted by Gasteiger charge is 2.20. The molecule has 1 aromatic rings. The molecule has 0 unspecified atom stereocenters. The van der Waals surface area contributed by atoms with E-state index in [9.17, 15) is 9.59 Å². The van der Waals surface area contributed by atoms with E-state index in [1.54, 1.807) is 0 Å². The van der Waals surface area contributed by atoms with Gasteiger partial charge in [0.1, 0.15) is 5.56 Å². The predicted octanol–water partition coefficient (Wildman–Crippen LogP) is 1.29. The molecule has 1 heterocycles. The van der Waals surface area contributed by atoms with Gasteiger partial charge in [0.2, 0.25) is 0 Å². The van der Waals surface area contributed by atoms with Gasteiger partial charge in [0.25, 0.3) is 5.91 Å². The van der Waals surface area contributed by atoms with Crippen molar-refractivity contribution < 1.29 is 4.79 Å². The molecule has 0 aromatic carbocycles. The summed E-state index contributed by atoms with van der Waals surface area (Å²) < 4.78 is 0. The Morgan fingerprint density at radius 1 is 1.50 bits per heavy atom. The highest BCUT2D eigenvalue weighted by atomic mass is 16.2. The van der Waals surface area contributed by atoms with Crippen LogP contribution in [-0.4, -0.2) is 17.4 Å². The fraction of sp³-hybridized carbons (Fsp3) is 0.500. The summed E-state index contributed by atoms with van der Waals surface area (Å²) in [6, 6.07) is 1.36. The molecule has 1 aliphatic rings. The summed E-state index contributed by atoms with van der Waals surface area (Å²) in [7, 11) is 0. The Bertz CT molecular complexity index is 421. The maximum atomic E-state index is 11.6. The molecule has 0 radical (unpaired) electrons. The number of rotatable bonds is 5. The molecule has 1 saturated carbocycles. The van der Waals surface area contributed by atoms with Gasteiger partial charge in [-0.25, -0.2) is 0 Å². The number of aromatic nitrogens is 1. The lowest BCUT2D eigenvalue weighted by atomic mass is 10.2. The second-order valence-electron chi connectivity index (χ2n) is 4.26. The minimum Gasteiger partial charge on any atom is -0.367 e. The van der Waals surface area contributed by atoms with Gasteiger partial charge in [-0.15, -0.1) is 0 Å². The summed E-state index contributed by atoms with van der Waals surface area (Å²) in [5.74, 6) is 0.606. The molecule has 0 bridgehead atoms. The van der Waals surface area contributed by atoms with Crippen LogP contribution in [0.5, 0.6) is 0 Å². The van der Waals surface area contributed by atoms with E-state index in [1.165, 1.54) is 37.7 Å². The molecule has 2 N–H and O–H groups in total. The van der Waals surface area contributed by atoms with Crippen LogP contribution >= 0.6 is 0 Å². The average molecular weight is 220 g/mol. The van der Waals surface area contributed by atoms with Gasteiger partial charge in [0.15, 0.2) is 5.43 Å². The molecule has 1 aliphatic carbocycles. The van der Waals surface area contributed by atoms with Crippen LogP contribution in [0.15, 0.2) is 23.3 Å². The molecule has 1 aromatic heterocycles. The first kappa shape index (κ1) is 10.9. The molecular formula is C12H16N2O2. The van der Waals surface area contributed by atoms with Gasteiger partial charge in [-0.05, 0) is 18.8 Å². The van der Waals surface area contributed by atoms with Crippen molar-refractivity contribution in [1.82, 2.24) is 10.3 Å². The normalized spacial score (nSPS) is 14.8. The van der Waals surface area contributed by atoms with Crippen LogP contribution in [0.4, 0.5) is 0 Å². The zero-order chi connectivity index (χ0) is 11.4. The lowest BCUT2D eigenvalue weighted by Crippen LogP contribution is -2.29. The number of pyridine rings is 1. The standard InChI is InChI=1S/C12H16N2O2/c15-11-5-7-13-8-10(11)12(16)14-6-1-2-9-3-4-9/h5,7-9H,1-4,6H2,(H,13,15)(H,14,16). The van der Waals surface area contributed by atoms with Crippen LogP contribution in [0.25, 0.3) is 0 Å². The number of H-pyrrole nitrogens is 1. The average Bonchev–Trinajstić information content (AvgIpc) is 3.08. The number of hydrogen-bond donors (Lipinski definition) is 2. The number of carbonyl (C=O) groups is 1. The molecule has 4 heteroatoms. The molecule has 86 valence electrons. The van der Waals surface area contributed by atoms with E-state index >= 15 is 0 Å². The number of hydrogen-bond acceptors (Lipinski definition) is 2. The topological polar surface area (TPSA) is 62.0 Å². The van der Waals surface area contributed by atoms with Crippen molar-refractivity contribution in [2.45, 2.75) is 25.7 Å². The van der Waals surface area contributed by atoms with Crippen LogP contribution in [0.2, 0.25) is 0 Å². The number of nitrogens with one attached hydrogen (secondary N) is 2. The molecule has 1 fully saturated rings. The van der Waals surface area contributed by atoms with Gasteiger partial charge >= 0.3 is 0 Å². The van der Waals surface area contributed by atoms with Crippen molar-refractivity contribution in [1.29, 1.82) is 0 Å². The van der Waals surface area contributed by atoms with E-state index in [1.807, 2.05) is 0 Å². The van der Waals surface area contributed by atoms with Gasteiger partial charge in [0, 0.05) is 25.0 Å². The zero-order valence-corrected chi connectivity index (χ0v) is 9.16. The quantitative estimate of drug-likeness (QED) is 0.734. The number of carbonyl (C=O) groups excluding carboxylic acids is 1. The number of aromatic amines is 1. The highest BCUT2D eigenvalue weighted by molar-refractivity contribution is 5.93. The molecule has 4 nitrogen and oxygen atoms in total. The van der Waals surface area contributed by atoms with Crippen molar-refractivity contribution >= 4 is 5.91 Å². The SMILES string of the molecule is O=C(NCCCC1CC1)c1c[nH]ccc1=O. The van der Waals surface area contributed by atoms with Gasteiger partial charge < -0.3 is 10.3 Å². The molecular weight excluding hydrogens is 204 g/mol.